The molecule has 0 saturated carbocycles. The highest BCUT2D eigenvalue weighted by molar-refractivity contribution is 6.34. The first-order valence-electron chi connectivity index (χ1n) is 4.53. The van der Waals surface area contributed by atoms with E-state index in [1.54, 1.807) is 36.5 Å². The lowest BCUT2D eigenvalue weighted by Crippen LogP contribution is -2.04. The first-order valence-corrected chi connectivity index (χ1v) is 4.91. The molecule has 1 aromatic heterocycles. The van der Waals surface area contributed by atoms with Gasteiger partial charge in [0.2, 0.25) is 0 Å². The van der Waals surface area contributed by atoms with Gasteiger partial charge in [-0.1, -0.05) is 23.7 Å². The summed E-state index contributed by atoms with van der Waals surface area (Å²) >= 11 is 5.91. The lowest BCUT2D eigenvalue weighted by Gasteiger charge is -2.01. The van der Waals surface area contributed by atoms with Gasteiger partial charge in [0.1, 0.15) is 0 Å². The average Bonchev–Trinajstić information content (AvgIpc) is 2.71. The largest absolute Gasteiger partial charge is 0.294 e. The van der Waals surface area contributed by atoms with Gasteiger partial charge in [-0.3, -0.25) is 9.89 Å². The maximum absolute atomic E-state index is 11.8. The van der Waals surface area contributed by atoms with Crippen LogP contribution in [0, 0.1) is 0 Å². The van der Waals surface area contributed by atoms with E-state index >= 15 is 0 Å². The number of halogens is 1. The van der Waals surface area contributed by atoms with Gasteiger partial charge >= 0.3 is 0 Å². The van der Waals surface area contributed by atoms with Crippen LogP contribution < -0.4 is 0 Å². The van der Waals surface area contributed by atoms with Crippen LogP contribution >= 0.6 is 11.6 Å². The molecule has 0 aliphatic heterocycles. The van der Waals surface area contributed by atoms with Crippen LogP contribution in [0.1, 0.15) is 16.1 Å². The topological polar surface area (TPSA) is 45.8 Å². The molecule has 0 spiro atoms. The molecule has 1 N–H and O–H groups in total. The van der Waals surface area contributed by atoms with E-state index in [0.717, 1.165) is 5.69 Å². The summed E-state index contributed by atoms with van der Waals surface area (Å²) in [6.45, 7) is 0. The second-order valence-electron chi connectivity index (χ2n) is 3.16. The van der Waals surface area contributed by atoms with Gasteiger partial charge in [0.15, 0.2) is 5.78 Å². The summed E-state index contributed by atoms with van der Waals surface area (Å²) in [5, 5.41) is 7.01. The van der Waals surface area contributed by atoms with E-state index in [-0.39, 0.29) is 5.78 Å². The van der Waals surface area contributed by atoms with Gasteiger partial charge in [0.25, 0.3) is 0 Å². The summed E-state index contributed by atoms with van der Waals surface area (Å²) < 4.78 is 0. The lowest BCUT2D eigenvalue weighted by atomic mass is 10.1. The van der Waals surface area contributed by atoms with Crippen LogP contribution in [0.25, 0.3) is 0 Å². The molecule has 15 heavy (non-hydrogen) atoms. The molecule has 0 fully saturated rings. The Morgan fingerprint density at radius 2 is 2.13 bits per heavy atom. The SMILES string of the molecule is O=C(Cc1ccn[nH]1)c1ccccc1Cl. The van der Waals surface area contributed by atoms with Crippen molar-refractivity contribution in [3.63, 3.8) is 0 Å². The molecule has 0 unspecified atom stereocenters. The summed E-state index contributed by atoms with van der Waals surface area (Å²) in [7, 11) is 0. The molecule has 0 aliphatic carbocycles. The molecule has 4 heteroatoms. The Kier molecular flexibility index (Phi) is 2.83. The number of aromatic amines is 1. The molecule has 0 bridgehead atoms. The number of H-pyrrole nitrogens is 1. The lowest BCUT2D eigenvalue weighted by molar-refractivity contribution is 0.0992. The average molecular weight is 221 g/mol. The van der Waals surface area contributed by atoms with Crippen LogP contribution in [0.4, 0.5) is 0 Å². The van der Waals surface area contributed by atoms with Gasteiger partial charge in [-0.15, -0.1) is 0 Å². The zero-order valence-electron chi connectivity index (χ0n) is 7.90. The maximum atomic E-state index is 11.8. The second-order valence-corrected chi connectivity index (χ2v) is 3.57. The van der Waals surface area contributed by atoms with Gasteiger partial charge in [-0.05, 0) is 18.2 Å². The van der Waals surface area contributed by atoms with Crippen LogP contribution in [0.15, 0.2) is 36.5 Å². The number of carbonyl (C=O) groups is 1. The van der Waals surface area contributed by atoms with Crippen molar-refractivity contribution in [1.82, 2.24) is 10.2 Å². The Bertz CT molecular complexity index is 465. The van der Waals surface area contributed by atoms with Gasteiger partial charge < -0.3 is 0 Å². The van der Waals surface area contributed by atoms with E-state index in [1.807, 2.05) is 0 Å². The molecule has 76 valence electrons. The quantitative estimate of drug-likeness (QED) is 0.808. The van der Waals surface area contributed by atoms with Crippen molar-refractivity contribution in [2.75, 3.05) is 0 Å². The minimum Gasteiger partial charge on any atom is -0.294 e. The Hall–Kier alpha value is -1.61. The summed E-state index contributed by atoms with van der Waals surface area (Å²) in [6.07, 6.45) is 1.92. The van der Waals surface area contributed by atoms with E-state index in [2.05, 4.69) is 10.2 Å². The zero-order chi connectivity index (χ0) is 10.7. The standard InChI is InChI=1S/C11H9ClN2O/c12-10-4-2-1-3-9(10)11(15)7-8-5-6-13-14-8/h1-6H,7H2,(H,13,14). The first-order chi connectivity index (χ1) is 7.27. The molecule has 0 amide bonds. The number of ketones is 1. The molecule has 1 aromatic carbocycles. The molecule has 0 radical (unpaired) electrons. The maximum Gasteiger partial charge on any atom is 0.170 e. The van der Waals surface area contributed by atoms with Crippen molar-refractivity contribution < 1.29 is 4.79 Å². The van der Waals surface area contributed by atoms with Crippen molar-refractivity contribution in [2.45, 2.75) is 6.42 Å². The predicted octanol–water partition coefficient (Wildman–Crippen LogP) is 2.49. The van der Waals surface area contributed by atoms with Crippen LogP contribution in [0.3, 0.4) is 0 Å². The molecule has 0 saturated heterocycles. The third-order valence-corrected chi connectivity index (χ3v) is 2.41. The number of hydrogen-bond acceptors (Lipinski definition) is 2. The number of nitrogens with one attached hydrogen (secondary N) is 1. The number of nitrogens with zero attached hydrogens (tertiary/aromatic N) is 1. The van der Waals surface area contributed by atoms with E-state index in [9.17, 15) is 4.79 Å². The fourth-order valence-electron chi connectivity index (χ4n) is 1.34. The normalized spacial score (nSPS) is 10.2. The molecule has 0 atom stereocenters. The Balaban J connectivity index is 2.19. The summed E-state index contributed by atoms with van der Waals surface area (Å²) in [5.41, 5.74) is 1.34. The molecular weight excluding hydrogens is 212 g/mol. The number of benzene rings is 1. The third-order valence-electron chi connectivity index (χ3n) is 2.08. The monoisotopic (exact) mass is 220 g/mol. The van der Waals surface area contributed by atoms with Gasteiger partial charge in [-0.25, -0.2) is 0 Å². The number of Topliss-reactive ketones (excluding diaryl/α,β-unsaturated/α-hetero) is 1. The minimum absolute atomic E-state index is 0.00940. The van der Waals surface area contributed by atoms with Crippen LogP contribution in [0.5, 0.6) is 0 Å². The number of carbonyl (C=O) groups excluding carboxylic acids is 1. The molecular formula is C11H9ClN2O. The number of hydrogen-bond donors (Lipinski definition) is 1. The van der Waals surface area contributed by atoms with E-state index in [4.69, 9.17) is 11.6 Å². The third kappa shape index (κ3) is 2.25. The van der Waals surface area contributed by atoms with Crippen LogP contribution in [-0.2, 0) is 6.42 Å². The van der Waals surface area contributed by atoms with E-state index in [1.165, 1.54) is 0 Å². The molecule has 2 rings (SSSR count). The smallest absolute Gasteiger partial charge is 0.170 e. The highest BCUT2D eigenvalue weighted by Gasteiger charge is 2.10. The minimum atomic E-state index is -0.00940. The van der Waals surface area contributed by atoms with Crippen molar-refractivity contribution >= 4 is 17.4 Å². The molecule has 1 heterocycles. The summed E-state index contributed by atoms with van der Waals surface area (Å²) in [6, 6.07) is 8.80. The Morgan fingerprint density at radius 1 is 1.33 bits per heavy atom. The Morgan fingerprint density at radius 3 is 2.80 bits per heavy atom. The molecule has 2 aromatic rings. The van der Waals surface area contributed by atoms with Gasteiger partial charge in [-0.2, -0.15) is 5.10 Å². The zero-order valence-corrected chi connectivity index (χ0v) is 8.66. The number of rotatable bonds is 3. The van der Waals surface area contributed by atoms with Gasteiger partial charge in [0, 0.05) is 17.5 Å². The molecule has 3 nitrogen and oxygen atoms in total. The summed E-state index contributed by atoms with van der Waals surface area (Å²) in [5.74, 6) is -0.00940. The van der Waals surface area contributed by atoms with Gasteiger partial charge in [0.05, 0.1) is 11.4 Å². The van der Waals surface area contributed by atoms with Crippen LogP contribution in [0.2, 0.25) is 5.02 Å². The Labute approximate surface area is 92.1 Å². The van der Waals surface area contributed by atoms with Crippen molar-refractivity contribution in [2.24, 2.45) is 0 Å². The predicted molar refractivity (Wildman–Crippen MR) is 58.1 cm³/mol. The second kappa shape index (κ2) is 4.28. The highest BCUT2D eigenvalue weighted by atomic mass is 35.5. The van der Waals surface area contributed by atoms with Crippen molar-refractivity contribution in [1.29, 1.82) is 0 Å². The highest BCUT2D eigenvalue weighted by Crippen LogP contribution is 2.16. The van der Waals surface area contributed by atoms with E-state index in [0.29, 0.717) is 17.0 Å². The van der Waals surface area contributed by atoms with Crippen molar-refractivity contribution in [3.8, 4) is 0 Å². The summed E-state index contributed by atoms with van der Waals surface area (Å²) in [4.78, 5) is 11.8. The molecule has 0 aliphatic rings. The first kappa shape index (κ1) is 9.93. The van der Waals surface area contributed by atoms with E-state index < -0.39 is 0 Å². The van der Waals surface area contributed by atoms with Crippen LogP contribution in [-0.4, -0.2) is 16.0 Å². The number of aromatic nitrogens is 2. The fourth-order valence-corrected chi connectivity index (χ4v) is 1.58. The fraction of sp³-hybridized carbons (Fsp3) is 0.0909. The van der Waals surface area contributed by atoms with Crippen molar-refractivity contribution in [3.05, 3.63) is 52.8 Å².